The summed E-state index contributed by atoms with van der Waals surface area (Å²) in [4.78, 5) is 0. The molecule has 1 heterocycles. The predicted molar refractivity (Wildman–Crippen MR) is 73.5 cm³/mol. The van der Waals surface area contributed by atoms with E-state index in [-0.39, 0.29) is 0 Å². The number of hydrogen-bond donors (Lipinski definition) is 1. The molecule has 0 saturated carbocycles. The quantitative estimate of drug-likeness (QED) is 0.870. The maximum atomic E-state index is 5.43. The van der Waals surface area contributed by atoms with Crippen LogP contribution < -0.4 is 14.8 Å². The summed E-state index contributed by atoms with van der Waals surface area (Å²) < 4.78 is 10.6. The van der Waals surface area contributed by atoms with E-state index in [0.717, 1.165) is 17.9 Å². The Balaban J connectivity index is 1.95. The minimum absolute atomic E-state index is 0.672. The molecule has 1 aromatic rings. The van der Waals surface area contributed by atoms with Crippen molar-refractivity contribution in [3.63, 3.8) is 0 Å². The minimum atomic E-state index is 0.672. The average molecular weight is 249 g/mol. The smallest absolute Gasteiger partial charge is 0.125 e. The number of benzene rings is 1. The van der Waals surface area contributed by atoms with Crippen LogP contribution in [-0.4, -0.2) is 26.8 Å². The lowest BCUT2D eigenvalue weighted by Crippen LogP contribution is -2.34. The lowest BCUT2D eigenvalue weighted by molar-refractivity contribution is 0.373. The average Bonchev–Trinajstić information content (AvgIpc) is 2.46. The van der Waals surface area contributed by atoms with Gasteiger partial charge in [0.2, 0.25) is 0 Å². The number of hydrogen-bond acceptors (Lipinski definition) is 3. The van der Waals surface area contributed by atoms with Gasteiger partial charge in [-0.1, -0.05) is 12.5 Å². The molecule has 0 bridgehead atoms. The van der Waals surface area contributed by atoms with Crippen molar-refractivity contribution >= 4 is 0 Å². The molecule has 0 aromatic heterocycles. The maximum Gasteiger partial charge on any atom is 0.125 e. The van der Waals surface area contributed by atoms with Crippen molar-refractivity contribution in [2.75, 3.05) is 20.8 Å². The number of piperidine rings is 1. The van der Waals surface area contributed by atoms with Crippen LogP contribution in [0.25, 0.3) is 0 Å². The van der Waals surface area contributed by atoms with Crippen LogP contribution >= 0.6 is 0 Å². The van der Waals surface area contributed by atoms with Gasteiger partial charge in [0.05, 0.1) is 14.2 Å². The molecule has 1 saturated heterocycles. The van der Waals surface area contributed by atoms with Gasteiger partial charge in [0.1, 0.15) is 11.5 Å². The Kier molecular flexibility index (Phi) is 4.88. The van der Waals surface area contributed by atoms with Gasteiger partial charge in [-0.25, -0.2) is 0 Å². The van der Waals surface area contributed by atoms with E-state index in [1.54, 1.807) is 14.2 Å². The van der Waals surface area contributed by atoms with Gasteiger partial charge >= 0.3 is 0 Å². The normalized spacial score (nSPS) is 19.6. The van der Waals surface area contributed by atoms with E-state index in [2.05, 4.69) is 11.4 Å². The number of ether oxygens (including phenoxy) is 2. The van der Waals surface area contributed by atoms with Crippen molar-refractivity contribution in [3.05, 3.63) is 23.8 Å². The van der Waals surface area contributed by atoms with Crippen molar-refractivity contribution in [2.45, 2.75) is 38.1 Å². The van der Waals surface area contributed by atoms with Gasteiger partial charge in [-0.15, -0.1) is 0 Å². The van der Waals surface area contributed by atoms with Crippen LogP contribution in [0.4, 0.5) is 0 Å². The fourth-order valence-electron chi connectivity index (χ4n) is 2.56. The van der Waals surface area contributed by atoms with Gasteiger partial charge in [-0.2, -0.15) is 0 Å². The topological polar surface area (TPSA) is 30.5 Å². The second kappa shape index (κ2) is 6.64. The van der Waals surface area contributed by atoms with Crippen LogP contribution in [0.3, 0.4) is 0 Å². The fourth-order valence-corrected chi connectivity index (χ4v) is 2.56. The van der Waals surface area contributed by atoms with E-state index in [4.69, 9.17) is 9.47 Å². The van der Waals surface area contributed by atoms with Gasteiger partial charge in [-0.3, -0.25) is 0 Å². The van der Waals surface area contributed by atoms with Crippen molar-refractivity contribution in [1.29, 1.82) is 0 Å². The Bertz CT molecular complexity index is 373. The van der Waals surface area contributed by atoms with Crippen molar-refractivity contribution in [2.24, 2.45) is 0 Å². The highest BCUT2D eigenvalue weighted by molar-refractivity contribution is 5.40. The molecule has 100 valence electrons. The van der Waals surface area contributed by atoms with Crippen molar-refractivity contribution in [3.8, 4) is 11.5 Å². The van der Waals surface area contributed by atoms with Crippen LogP contribution in [0.15, 0.2) is 18.2 Å². The van der Waals surface area contributed by atoms with Gasteiger partial charge in [0.25, 0.3) is 0 Å². The summed E-state index contributed by atoms with van der Waals surface area (Å²) >= 11 is 0. The lowest BCUT2D eigenvalue weighted by atomic mass is 9.97. The first-order valence-corrected chi connectivity index (χ1v) is 6.78. The zero-order valence-corrected chi connectivity index (χ0v) is 11.4. The Morgan fingerprint density at radius 1 is 1.22 bits per heavy atom. The summed E-state index contributed by atoms with van der Waals surface area (Å²) in [6.07, 6.45) is 6.23. The molecule has 0 radical (unpaired) electrons. The first-order valence-electron chi connectivity index (χ1n) is 6.78. The molecule has 0 amide bonds. The van der Waals surface area contributed by atoms with Crippen molar-refractivity contribution < 1.29 is 9.47 Å². The molecule has 1 atom stereocenters. The van der Waals surface area contributed by atoms with E-state index < -0.39 is 0 Å². The van der Waals surface area contributed by atoms with Crippen LogP contribution in [0.2, 0.25) is 0 Å². The monoisotopic (exact) mass is 249 g/mol. The molecule has 1 aromatic carbocycles. The number of aryl methyl sites for hydroxylation is 1. The van der Waals surface area contributed by atoms with Gasteiger partial charge in [-0.05, 0) is 43.9 Å². The number of methoxy groups -OCH3 is 2. The molecule has 1 fully saturated rings. The summed E-state index contributed by atoms with van der Waals surface area (Å²) in [5, 5.41) is 3.58. The van der Waals surface area contributed by atoms with Gasteiger partial charge in [0.15, 0.2) is 0 Å². The van der Waals surface area contributed by atoms with Crippen molar-refractivity contribution in [1.82, 2.24) is 5.32 Å². The third kappa shape index (κ3) is 3.39. The Labute approximate surface area is 109 Å². The largest absolute Gasteiger partial charge is 0.497 e. The first kappa shape index (κ1) is 13.2. The predicted octanol–water partition coefficient (Wildman–Crippen LogP) is 2.78. The number of rotatable bonds is 5. The first-order chi connectivity index (χ1) is 8.83. The van der Waals surface area contributed by atoms with Crippen LogP contribution in [0.5, 0.6) is 11.5 Å². The second-order valence-corrected chi connectivity index (χ2v) is 4.86. The van der Waals surface area contributed by atoms with Gasteiger partial charge < -0.3 is 14.8 Å². The van der Waals surface area contributed by atoms with Crippen LogP contribution in [-0.2, 0) is 6.42 Å². The Morgan fingerprint density at radius 3 is 2.78 bits per heavy atom. The van der Waals surface area contributed by atoms with E-state index in [1.807, 2.05) is 12.1 Å². The molecule has 1 unspecified atom stereocenters. The standard InChI is InChI=1S/C15H23NO2/c1-17-14-9-7-12(15(11-14)18-2)6-8-13-5-3-4-10-16-13/h7,9,11,13,16H,3-6,8,10H2,1-2H3. The van der Waals surface area contributed by atoms with Crippen LogP contribution in [0.1, 0.15) is 31.2 Å². The molecule has 0 aliphatic carbocycles. The molecule has 1 aliphatic heterocycles. The molecule has 18 heavy (non-hydrogen) atoms. The molecular weight excluding hydrogens is 226 g/mol. The van der Waals surface area contributed by atoms with E-state index in [9.17, 15) is 0 Å². The lowest BCUT2D eigenvalue weighted by Gasteiger charge is -2.23. The van der Waals surface area contributed by atoms with E-state index in [1.165, 1.54) is 37.8 Å². The molecular formula is C15H23NO2. The highest BCUT2D eigenvalue weighted by atomic mass is 16.5. The molecule has 3 nitrogen and oxygen atoms in total. The zero-order chi connectivity index (χ0) is 12.8. The Morgan fingerprint density at radius 2 is 2.11 bits per heavy atom. The molecule has 1 N–H and O–H groups in total. The number of nitrogens with one attached hydrogen (secondary N) is 1. The summed E-state index contributed by atoms with van der Waals surface area (Å²) in [6, 6.07) is 6.75. The molecule has 1 aliphatic rings. The third-order valence-electron chi connectivity index (χ3n) is 3.67. The summed E-state index contributed by atoms with van der Waals surface area (Å²) in [6.45, 7) is 1.17. The third-order valence-corrected chi connectivity index (χ3v) is 3.67. The Hall–Kier alpha value is -1.22. The maximum absolute atomic E-state index is 5.43. The summed E-state index contributed by atoms with van der Waals surface area (Å²) in [5.41, 5.74) is 1.27. The molecule has 2 rings (SSSR count). The highest BCUT2D eigenvalue weighted by Gasteiger charge is 2.13. The highest BCUT2D eigenvalue weighted by Crippen LogP contribution is 2.26. The van der Waals surface area contributed by atoms with Crippen LogP contribution in [0, 0.1) is 0 Å². The van der Waals surface area contributed by atoms with E-state index >= 15 is 0 Å². The summed E-state index contributed by atoms with van der Waals surface area (Å²) in [5.74, 6) is 1.79. The minimum Gasteiger partial charge on any atom is -0.497 e. The van der Waals surface area contributed by atoms with Gasteiger partial charge in [0, 0.05) is 12.1 Å². The zero-order valence-electron chi connectivity index (χ0n) is 11.4. The summed E-state index contributed by atoms with van der Waals surface area (Å²) in [7, 11) is 3.40. The molecule has 0 spiro atoms. The second-order valence-electron chi connectivity index (χ2n) is 4.86. The van der Waals surface area contributed by atoms with E-state index in [0.29, 0.717) is 6.04 Å². The SMILES string of the molecule is COc1ccc(CCC2CCCCN2)c(OC)c1. The fraction of sp³-hybridized carbons (Fsp3) is 0.600. The molecule has 3 heteroatoms.